The Bertz CT molecular complexity index is 369. The van der Waals surface area contributed by atoms with Crippen LogP contribution < -0.4 is 9.47 Å². The van der Waals surface area contributed by atoms with E-state index >= 15 is 0 Å². The van der Waals surface area contributed by atoms with Gasteiger partial charge < -0.3 is 9.47 Å². The fourth-order valence-electron chi connectivity index (χ4n) is 1.44. The van der Waals surface area contributed by atoms with Crippen molar-refractivity contribution in [1.29, 1.82) is 0 Å². The van der Waals surface area contributed by atoms with Crippen molar-refractivity contribution in [2.24, 2.45) is 5.92 Å². The van der Waals surface area contributed by atoms with E-state index < -0.39 is 0 Å². The Hall–Kier alpha value is -1.65. The van der Waals surface area contributed by atoms with E-state index in [0.29, 0.717) is 29.9 Å². The van der Waals surface area contributed by atoms with Gasteiger partial charge in [0.25, 0.3) is 0 Å². The molecule has 0 spiro atoms. The highest BCUT2D eigenvalue weighted by molar-refractivity contribution is 5.80. The average Bonchev–Trinajstić information content (AvgIpc) is 2.27. The maximum Gasteiger partial charge on any atom is 0.220 e. The molecule has 5 heteroatoms. The summed E-state index contributed by atoms with van der Waals surface area (Å²) in [6.45, 7) is 4.01. The molecule has 0 aliphatic rings. The number of carbonyl (C=O) groups excluding carboxylic acids is 1. The molecule has 0 bridgehead atoms. The Morgan fingerprint density at radius 3 is 2.18 bits per heavy atom. The number of hydrogen-bond donors (Lipinski definition) is 0. The monoisotopic (exact) mass is 238 g/mol. The summed E-state index contributed by atoms with van der Waals surface area (Å²) in [5.74, 6) is 1.71. The van der Waals surface area contributed by atoms with Gasteiger partial charge in [0.15, 0.2) is 0 Å². The molecule has 1 aromatic heterocycles. The Balaban J connectivity index is 2.79. The number of rotatable bonds is 6. The van der Waals surface area contributed by atoms with Crippen LogP contribution in [0.3, 0.4) is 0 Å². The molecule has 0 atom stereocenters. The number of nitrogens with zero attached hydrogens (tertiary/aromatic N) is 2. The van der Waals surface area contributed by atoms with E-state index in [0.717, 1.165) is 0 Å². The van der Waals surface area contributed by atoms with E-state index in [1.165, 1.54) is 14.2 Å². The summed E-state index contributed by atoms with van der Waals surface area (Å²) in [7, 11) is 3.03. The molecule has 0 aliphatic carbocycles. The van der Waals surface area contributed by atoms with Gasteiger partial charge in [-0.1, -0.05) is 13.8 Å². The first kappa shape index (κ1) is 13.4. The lowest BCUT2D eigenvalue weighted by molar-refractivity contribution is -0.119. The highest BCUT2D eigenvalue weighted by atomic mass is 16.5. The van der Waals surface area contributed by atoms with E-state index in [1.807, 2.05) is 13.8 Å². The van der Waals surface area contributed by atoms with Crippen LogP contribution in [-0.2, 0) is 11.2 Å². The fraction of sp³-hybridized carbons (Fsp3) is 0.583. The molecule has 1 heterocycles. The second kappa shape index (κ2) is 6.18. The van der Waals surface area contributed by atoms with Gasteiger partial charge in [-0.15, -0.1) is 0 Å². The maximum atomic E-state index is 11.7. The molecule has 0 fully saturated rings. The topological polar surface area (TPSA) is 61.3 Å². The Labute approximate surface area is 101 Å². The maximum absolute atomic E-state index is 11.7. The normalized spacial score (nSPS) is 10.4. The van der Waals surface area contributed by atoms with Crippen LogP contribution in [0.1, 0.15) is 26.1 Å². The van der Waals surface area contributed by atoms with Crippen LogP contribution in [0.15, 0.2) is 6.07 Å². The number of aromatic nitrogens is 2. The van der Waals surface area contributed by atoms with Gasteiger partial charge >= 0.3 is 0 Å². The van der Waals surface area contributed by atoms with Crippen molar-refractivity contribution in [2.45, 2.75) is 26.7 Å². The molecular formula is C12H18N2O3. The molecule has 1 aromatic rings. The summed E-state index contributed by atoms with van der Waals surface area (Å²) in [6, 6.07) is 1.58. The molecule has 0 saturated heterocycles. The highest BCUT2D eigenvalue weighted by Crippen LogP contribution is 2.15. The van der Waals surface area contributed by atoms with Crippen LogP contribution in [0.2, 0.25) is 0 Å². The molecule has 0 aromatic carbocycles. The number of Topliss-reactive ketones (excluding diaryl/α,β-unsaturated/α-hetero) is 1. The molecular weight excluding hydrogens is 220 g/mol. The number of methoxy groups -OCH3 is 2. The van der Waals surface area contributed by atoms with Gasteiger partial charge in [0.2, 0.25) is 11.8 Å². The zero-order chi connectivity index (χ0) is 12.8. The quantitative estimate of drug-likeness (QED) is 0.754. The van der Waals surface area contributed by atoms with Crippen molar-refractivity contribution < 1.29 is 14.3 Å². The summed E-state index contributed by atoms with van der Waals surface area (Å²) in [5.41, 5.74) is 0. The second-order valence-corrected chi connectivity index (χ2v) is 4.18. The van der Waals surface area contributed by atoms with Crippen LogP contribution in [0.25, 0.3) is 0 Å². The smallest absolute Gasteiger partial charge is 0.220 e. The largest absolute Gasteiger partial charge is 0.481 e. The van der Waals surface area contributed by atoms with Crippen molar-refractivity contribution in [3.05, 3.63) is 11.9 Å². The van der Waals surface area contributed by atoms with E-state index in [4.69, 9.17) is 9.47 Å². The van der Waals surface area contributed by atoms with Crippen molar-refractivity contribution in [3.8, 4) is 11.8 Å². The lowest BCUT2D eigenvalue weighted by atomic mass is 10.1. The predicted molar refractivity (Wildman–Crippen MR) is 63.3 cm³/mol. The number of hydrogen-bond acceptors (Lipinski definition) is 5. The molecule has 0 aliphatic heterocycles. The Morgan fingerprint density at radius 2 is 1.76 bits per heavy atom. The van der Waals surface area contributed by atoms with E-state index in [1.54, 1.807) is 6.07 Å². The van der Waals surface area contributed by atoms with Gasteiger partial charge in [-0.2, -0.15) is 9.97 Å². The summed E-state index contributed by atoms with van der Waals surface area (Å²) in [4.78, 5) is 19.9. The van der Waals surface area contributed by atoms with Gasteiger partial charge in [-0.25, -0.2) is 0 Å². The van der Waals surface area contributed by atoms with Crippen LogP contribution >= 0.6 is 0 Å². The first-order valence-corrected chi connectivity index (χ1v) is 5.52. The van der Waals surface area contributed by atoms with Gasteiger partial charge in [0, 0.05) is 6.42 Å². The van der Waals surface area contributed by atoms with Crippen molar-refractivity contribution >= 4 is 5.78 Å². The van der Waals surface area contributed by atoms with Crippen molar-refractivity contribution in [3.63, 3.8) is 0 Å². The second-order valence-electron chi connectivity index (χ2n) is 4.18. The standard InChI is InChI=1S/C12H18N2O3/c1-8(2)5-9(15)6-10-13-11(16-3)7-12(14-10)17-4/h7-8H,5-6H2,1-4H3. The van der Waals surface area contributed by atoms with Crippen LogP contribution in [0.5, 0.6) is 11.8 Å². The number of ketones is 1. The third kappa shape index (κ3) is 4.38. The Morgan fingerprint density at radius 1 is 1.24 bits per heavy atom. The van der Waals surface area contributed by atoms with Crippen molar-refractivity contribution in [2.75, 3.05) is 14.2 Å². The SMILES string of the molecule is COc1cc(OC)nc(CC(=O)CC(C)C)n1. The zero-order valence-corrected chi connectivity index (χ0v) is 10.7. The number of carbonyl (C=O) groups is 1. The summed E-state index contributed by atoms with van der Waals surface area (Å²) < 4.78 is 10.0. The molecule has 0 saturated carbocycles. The minimum atomic E-state index is 0.121. The van der Waals surface area contributed by atoms with E-state index in [2.05, 4.69) is 9.97 Å². The lowest BCUT2D eigenvalue weighted by Gasteiger charge is -2.06. The Kier molecular flexibility index (Phi) is 4.87. The van der Waals surface area contributed by atoms with Gasteiger partial charge in [-0.05, 0) is 5.92 Å². The summed E-state index contributed by atoms with van der Waals surface area (Å²) in [6.07, 6.45) is 0.745. The van der Waals surface area contributed by atoms with Crippen LogP contribution in [0, 0.1) is 5.92 Å². The molecule has 17 heavy (non-hydrogen) atoms. The lowest BCUT2D eigenvalue weighted by Crippen LogP contribution is -2.10. The first-order valence-electron chi connectivity index (χ1n) is 5.52. The molecule has 94 valence electrons. The summed E-state index contributed by atoms with van der Waals surface area (Å²) in [5, 5.41) is 0. The average molecular weight is 238 g/mol. The molecule has 0 amide bonds. The minimum Gasteiger partial charge on any atom is -0.481 e. The molecule has 0 radical (unpaired) electrons. The van der Waals surface area contributed by atoms with Gasteiger partial charge in [-0.3, -0.25) is 4.79 Å². The molecule has 0 N–H and O–H groups in total. The summed E-state index contributed by atoms with van der Waals surface area (Å²) >= 11 is 0. The van der Waals surface area contributed by atoms with Gasteiger partial charge in [0.1, 0.15) is 11.6 Å². The van der Waals surface area contributed by atoms with E-state index in [9.17, 15) is 4.79 Å². The first-order chi connectivity index (χ1) is 8.05. The molecule has 5 nitrogen and oxygen atoms in total. The zero-order valence-electron chi connectivity index (χ0n) is 10.7. The molecule has 0 unspecified atom stereocenters. The predicted octanol–water partition coefficient (Wildman–Crippen LogP) is 1.65. The minimum absolute atomic E-state index is 0.121. The fourth-order valence-corrected chi connectivity index (χ4v) is 1.44. The van der Waals surface area contributed by atoms with Crippen molar-refractivity contribution in [1.82, 2.24) is 9.97 Å². The number of ether oxygens (including phenoxy) is 2. The van der Waals surface area contributed by atoms with E-state index in [-0.39, 0.29) is 12.2 Å². The molecule has 1 rings (SSSR count). The van der Waals surface area contributed by atoms with Crippen LogP contribution in [0.4, 0.5) is 0 Å². The highest BCUT2D eigenvalue weighted by Gasteiger charge is 2.11. The third-order valence-corrected chi connectivity index (χ3v) is 2.13. The third-order valence-electron chi connectivity index (χ3n) is 2.13. The van der Waals surface area contributed by atoms with Gasteiger partial charge in [0.05, 0.1) is 26.7 Å². The van der Waals surface area contributed by atoms with Crippen LogP contribution in [-0.4, -0.2) is 30.0 Å².